The molecule has 2 aromatic carbocycles. The Balaban J connectivity index is 1.81. The maximum Gasteiger partial charge on any atom is 0.416 e. The van der Waals surface area contributed by atoms with E-state index in [1.54, 1.807) is 11.0 Å². The Morgan fingerprint density at radius 1 is 1.06 bits per heavy atom. The van der Waals surface area contributed by atoms with Gasteiger partial charge < -0.3 is 10.2 Å². The standard InChI is InChI=1S/C25H29F3N2O2/c1-17(2)11-12-29-24(32)22-16-30(23(31)13-18-7-4-3-5-8-18)15-21(22)19-9-6-10-20(14-19)25(26,27)28/h3-10,14,17,21-22H,11-13,15-16H2,1-2H3,(H,29,32). The zero-order valence-corrected chi connectivity index (χ0v) is 18.4. The molecule has 7 heteroatoms. The molecule has 1 saturated heterocycles. The van der Waals surface area contributed by atoms with Gasteiger partial charge in [0.1, 0.15) is 0 Å². The second kappa shape index (κ2) is 10.2. The lowest BCUT2D eigenvalue weighted by molar-refractivity contribution is -0.137. The van der Waals surface area contributed by atoms with E-state index >= 15 is 0 Å². The minimum atomic E-state index is -4.47. The van der Waals surface area contributed by atoms with Gasteiger partial charge in [0.2, 0.25) is 11.8 Å². The maximum atomic E-state index is 13.3. The van der Waals surface area contributed by atoms with Crippen molar-refractivity contribution in [1.29, 1.82) is 0 Å². The maximum absolute atomic E-state index is 13.3. The molecule has 0 radical (unpaired) electrons. The number of nitrogens with one attached hydrogen (secondary N) is 1. The average Bonchev–Trinajstić information content (AvgIpc) is 3.19. The molecule has 2 unspecified atom stereocenters. The fourth-order valence-electron chi connectivity index (χ4n) is 4.05. The average molecular weight is 447 g/mol. The third-order valence-electron chi connectivity index (χ3n) is 5.87. The van der Waals surface area contributed by atoms with E-state index in [0.29, 0.717) is 18.0 Å². The van der Waals surface area contributed by atoms with Gasteiger partial charge in [0.25, 0.3) is 0 Å². The molecule has 1 heterocycles. The third-order valence-corrected chi connectivity index (χ3v) is 5.87. The predicted molar refractivity (Wildman–Crippen MR) is 117 cm³/mol. The van der Waals surface area contributed by atoms with E-state index in [1.807, 2.05) is 30.3 Å². The lowest BCUT2D eigenvalue weighted by atomic mass is 9.87. The Morgan fingerprint density at radius 2 is 1.78 bits per heavy atom. The van der Waals surface area contributed by atoms with Gasteiger partial charge in [0.15, 0.2) is 0 Å². The molecule has 0 aromatic heterocycles. The van der Waals surface area contributed by atoms with Gasteiger partial charge in [-0.1, -0.05) is 62.4 Å². The molecule has 0 saturated carbocycles. The van der Waals surface area contributed by atoms with E-state index in [1.165, 1.54) is 6.07 Å². The largest absolute Gasteiger partial charge is 0.416 e. The van der Waals surface area contributed by atoms with Crippen LogP contribution in [0.5, 0.6) is 0 Å². The van der Waals surface area contributed by atoms with Gasteiger partial charge in [0, 0.05) is 25.6 Å². The molecule has 32 heavy (non-hydrogen) atoms. The van der Waals surface area contributed by atoms with Gasteiger partial charge in [-0.2, -0.15) is 13.2 Å². The molecule has 4 nitrogen and oxygen atoms in total. The van der Waals surface area contributed by atoms with Crippen molar-refractivity contribution in [3.8, 4) is 0 Å². The summed E-state index contributed by atoms with van der Waals surface area (Å²) in [6.45, 7) is 5.02. The number of hydrogen-bond acceptors (Lipinski definition) is 2. The highest BCUT2D eigenvalue weighted by Gasteiger charge is 2.41. The van der Waals surface area contributed by atoms with Crippen molar-refractivity contribution in [3.63, 3.8) is 0 Å². The van der Waals surface area contributed by atoms with Crippen molar-refractivity contribution in [3.05, 3.63) is 71.3 Å². The number of amides is 2. The summed E-state index contributed by atoms with van der Waals surface area (Å²) in [5, 5.41) is 2.91. The molecule has 1 aliphatic rings. The lowest BCUT2D eigenvalue weighted by Crippen LogP contribution is -2.36. The lowest BCUT2D eigenvalue weighted by Gasteiger charge is -2.19. The topological polar surface area (TPSA) is 49.4 Å². The molecule has 1 aliphatic heterocycles. The summed E-state index contributed by atoms with van der Waals surface area (Å²) in [5.74, 6) is -1.02. The first-order valence-electron chi connectivity index (χ1n) is 10.9. The Morgan fingerprint density at radius 3 is 2.44 bits per heavy atom. The number of nitrogens with zero attached hydrogens (tertiary/aromatic N) is 1. The fourth-order valence-corrected chi connectivity index (χ4v) is 4.05. The van der Waals surface area contributed by atoms with Crippen LogP contribution in [-0.4, -0.2) is 36.3 Å². The molecule has 0 bridgehead atoms. The van der Waals surface area contributed by atoms with Crippen LogP contribution in [-0.2, 0) is 22.2 Å². The molecule has 1 fully saturated rings. The first-order chi connectivity index (χ1) is 15.1. The number of rotatable bonds is 7. The van der Waals surface area contributed by atoms with Crippen molar-refractivity contribution < 1.29 is 22.8 Å². The molecule has 2 atom stereocenters. The molecule has 2 aromatic rings. The third kappa shape index (κ3) is 6.11. The molecule has 1 N–H and O–H groups in total. The number of benzene rings is 2. The summed E-state index contributed by atoms with van der Waals surface area (Å²) in [6, 6.07) is 14.4. The van der Waals surface area contributed by atoms with Gasteiger partial charge in [-0.15, -0.1) is 0 Å². The van der Waals surface area contributed by atoms with Crippen LogP contribution in [0, 0.1) is 11.8 Å². The highest BCUT2D eigenvalue weighted by molar-refractivity contribution is 5.84. The van der Waals surface area contributed by atoms with Crippen molar-refractivity contribution in [1.82, 2.24) is 10.2 Å². The van der Waals surface area contributed by atoms with Crippen LogP contribution in [0.25, 0.3) is 0 Å². The minimum Gasteiger partial charge on any atom is -0.356 e. The van der Waals surface area contributed by atoms with Gasteiger partial charge in [-0.3, -0.25) is 9.59 Å². The summed E-state index contributed by atoms with van der Waals surface area (Å²) in [4.78, 5) is 27.5. The Bertz CT molecular complexity index is 928. The zero-order valence-electron chi connectivity index (χ0n) is 18.4. The van der Waals surface area contributed by atoms with E-state index in [-0.39, 0.29) is 31.3 Å². The first-order valence-corrected chi connectivity index (χ1v) is 10.9. The highest BCUT2D eigenvalue weighted by Crippen LogP contribution is 2.37. The van der Waals surface area contributed by atoms with E-state index in [4.69, 9.17) is 0 Å². The predicted octanol–water partition coefficient (Wildman–Crippen LogP) is 4.65. The van der Waals surface area contributed by atoms with E-state index < -0.39 is 23.6 Å². The zero-order chi connectivity index (χ0) is 23.3. The molecule has 172 valence electrons. The van der Waals surface area contributed by atoms with Crippen LogP contribution >= 0.6 is 0 Å². The molecular weight excluding hydrogens is 417 g/mol. The highest BCUT2D eigenvalue weighted by atomic mass is 19.4. The van der Waals surface area contributed by atoms with E-state index in [9.17, 15) is 22.8 Å². The molecule has 0 spiro atoms. The second-order valence-electron chi connectivity index (χ2n) is 8.77. The van der Waals surface area contributed by atoms with Crippen molar-refractivity contribution in [2.45, 2.75) is 38.8 Å². The Kier molecular flexibility index (Phi) is 7.59. The van der Waals surface area contributed by atoms with Gasteiger partial charge in [-0.25, -0.2) is 0 Å². The summed E-state index contributed by atoms with van der Waals surface area (Å²) < 4.78 is 39.8. The van der Waals surface area contributed by atoms with Crippen LogP contribution in [0.3, 0.4) is 0 Å². The van der Waals surface area contributed by atoms with Gasteiger partial charge in [0.05, 0.1) is 17.9 Å². The molecular formula is C25H29F3N2O2. The summed E-state index contributed by atoms with van der Waals surface area (Å²) in [7, 11) is 0. The number of carbonyl (C=O) groups is 2. The number of carbonyl (C=O) groups excluding carboxylic acids is 2. The van der Waals surface area contributed by atoms with Crippen molar-refractivity contribution >= 4 is 11.8 Å². The molecule has 2 amide bonds. The van der Waals surface area contributed by atoms with E-state index in [0.717, 1.165) is 24.1 Å². The fraction of sp³-hybridized carbons (Fsp3) is 0.440. The number of halogens is 3. The van der Waals surface area contributed by atoms with Gasteiger partial charge in [-0.05, 0) is 29.5 Å². The number of hydrogen-bond donors (Lipinski definition) is 1. The quantitative estimate of drug-likeness (QED) is 0.673. The van der Waals surface area contributed by atoms with E-state index in [2.05, 4.69) is 19.2 Å². The monoisotopic (exact) mass is 446 g/mol. The van der Waals surface area contributed by atoms with Crippen LogP contribution in [0.2, 0.25) is 0 Å². The van der Waals surface area contributed by atoms with Gasteiger partial charge >= 0.3 is 6.18 Å². The van der Waals surface area contributed by atoms with Crippen LogP contribution in [0.1, 0.15) is 42.9 Å². The SMILES string of the molecule is CC(C)CCNC(=O)C1CN(C(=O)Cc2ccccc2)CC1c1cccc(C(F)(F)F)c1. The summed E-state index contributed by atoms with van der Waals surface area (Å²) in [6.07, 6.45) is -3.46. The second-order valence-corrected chi connectivity index (χ2v) is 8.77. The Labute approximate surface area is 186 Å². The number of likely N-dealkylation sites (tertiary alicyclic amines) is 1. The molecule has 3 rings (SSSR count). The summed E-state index contributed by atoms with van der Waals surface area (Å²) in [5.41, 5.74) is 0.542. The normalized spacial score (nSPS) is 18.8. The number of alkyl halides is 3. The molecule has 0 aliphatic carbocycles. The smallest absolute Gasteiger partial charge is 0.356 e. The van der Waals surface area contributed by atoms with Crippen LogP contribution in [0.4, 0.5) is 13.2 Å². The first kappa shape index (κ1) is 23.8. The van der Waals surface area contributed by atoms with Crippen LogP contribution in [0.15, 0.2) is 54.6 Å². The summed E-state index contributed by atoms with van der Waals surface area (Å²) >= 11 is 0. The minimum absolute atomic E-state index is 0.134. The van der Waals surface area contributed by atoms with Crippen LogP contribution < -0.4 is 5.32 Å². The van der Waals surface area contributed by atoms with Crippen molar-refractivity contribution in [2.24, 2.45) is 11.8 Å². The Hall–Kier alpha value is -2.83. The van der Waals surface area contributed by atoms with Crippen molar-refractivity contribution in [2.75, 3.05) is 19.6 Å².